The Kier molecular flexibility index (Phi) is 8.45. The maximum atomic E-state index is 14.0. The van der Waals surface area contributed by atoms with Crippen molar-refractivity contribution in [2.24, 2.45) is 4.99 Å². The number of carbonyl (C=O) groups is 1. The van der Waals surface area contributed by atoms with E-state index in [0.29, 0.717) is 106 Å². The van der Waals surface area contributed by atoms with Crippen LogP contribution < -0.4 is 33.2 Å². The number of aromatic hydroxyl groups is 1. The lowest BCUT2D eigenvalue weighted by Gasteiger charge is -2.37. The van der Waals surface area contributed by atoms with Crippen LogP contribution in [0.2, 0.25) is 0 Å². The SMILES string of the molecule is COc1cc(O)c2cc1Oc1ccc(cc1)C(=O)C1=NCCc3cc(OC)c(cc31)Oc1c(OC)c(OC)c(OC)c3c1[C@H](C2)N(C)CC3. The summed E-state index contributed by atoms with van der Waals surface area (Å²) in [5.74, 6) is 3.66. The zero-order chi connectivity index (χ0) is 34.4. The van der Waals surface area contributed by atoms with Crippen LogP contribution in [0.15, 0.2) is 53.5 Å². The molecule has 0 spiro atoms. The minimum atomic E-state index is -0.319. The fraction of sp³-hybridized carbons (Fsp3) is 0.316. The van der Waals surface area contributed by atoms with E-state index in [2.05, 4.69) is 9.89 Å². The molecular formula is C38H38N2O9. The Morgan fingerprint density at radius 3 is 2.18 bits per heavy atom. The predicted octanol–water partition coefficient (Wildman–Crippen LogP) is 6.33. The molecule has 254 valence electrons. The molecule has 0 aromatic heterocycles. The lowest BCUT2D eigenvalue weighted by atomic mass is 9.86. The minimum Gasteiger partial charge on any atom is -0.508 e. The lowest BCUT2D eigenvalue weighted by Crippen LogP contribution is -2.34. The molecule has 0 unspecified atom stereocenters. The van der Waals surface area contributed by atoms with Crippen LogP contribution in [-0.2, 0) is 19.3 Å². The number of likely N-dealkylation sites (N-methyl/N-ethyl adjacent to an activating group) is 1. The highest BCUT2D eigenvalue weighted by Gasteiger charge is 2.38. The monoisotopic (exact) mass is 666 g/mol. The Morgan fingerprint density at radius 2 is 1.49 bits per heavy atom. The van der Waals surface area contributed by atoms with Crippen molar-refractivity contribution < 1.29 is 43.1 Å². The Hall–Kier alpha value is -5.42. The fourth-order valence-electron chi connectivity index (χ4n) is 7.02. The van der Waals surface area contributed by atoms with Gasteiger partial charge in [0.05, 0.1) is 35.5 Å². The van der Waals surface area contributed by atoms with Crippen molar-refractivity contribution in [2.75, 3.05) is 55.7 Å². The van der Waals surface area contributed by atoms with E-state index in [1.165, 1.54) is 7.11 Å². The number of methoxy groups -OCH3 is 5. The molecule has 0 aliphatic carbocycles. The van der Waals surface area contributed by atoms with Crippen LogP contribution in [0.5, 0.6) is 57.5 Å². The number of fused-ring (bicyclic) bond motifs is 2. The second-order valence-corrected chi connectivity index (χ2v) is 12.1. The molecular weight excluding hydrogens is 628 g/mol. The Bertz CT molecular complexity index is 1990. The van der Waals surface area contributed by atoms with E-state index in [1.807, 2.05) is 19.2 Å². The van der Waals surface area contributed by atoms with Crippen LogP contribution in [0, 0.1) is 0 Å². The van der Waals surface area contributed by atoms with Crippen LogP contribution >= 0.6 is 0 Å². The highest BCUT2D eigenvalue weighted by atomic mass is 16.6. The summed E-state index contributed by atoms with van der Waals surface area (Å²) in [5, 5.41) is 11.3. The molecule has 4 heterocycles. The zero-order valence-electron chi connectivity index (χ0n) is 28.3. The van der Waals surface area contributed by atoms with Crippen molar-refractivity contribution in [3.63, 3.8) is 0 Å². The lowest BCUT2D eigenvalue weighted by molar-refractivity contribution is 0.106. The number of rotatable bonds is 5. The molecule has 0 saturated heterocycles. The number of nitrogens with zero attached hydrogens (tertiary/aromatic N) is 2. The maximum Gasteiger partial charge on any atom is 0.211 e. The first-order valence-corrected chi connectivity index (χ1v) is 16.0. The summed E-state index contributed by atoms with van der Waals surface area (Å²) in [6.45, 7) is 1.16. The summed E-state index contributed by atoms with van der Waals surface area (Å²) in [7, 11) is 9.84. The molecule has 8 rings (SSSR count). The van der Waals surface area contributed by atoms with Gasteiger partial charge in [0.25, 0.3) is 0 Å². The summed E-state index contributed by atoms with van der Waals surface area (Å²) >= 11 is 0. The molecule has 1 atom stereocenters. The number of ether oxygens (including phenoxy) is 7. The van der Waals surface area contributed by atoms with E-state index in [9.17, 15) is 9.90 Å². The number of carbonyl (C=O) groups excluding carboxylic acids is 1. The van der Waals surface area contributed by atoms with Crippen LogP contribution in [0.1, 0.15) is 44.2 Å². The van der Waals surface area contributed by atoms with Gasteiger partial charge in [0, 0.05) is 47.5 Å². The smallest absolute Gasteiger partial charge is 0.211 e. The number of hydrogen-bond donors (Lipinski definition) is 1. The standard InChI is InChI=1S/C38H38N2O9/c1-40-14-12-24-32-26(40)15-22-17-30(29(44-3)19-27(22)41)48-23-9-7-20(8-10-23)34(42)33-25-18-31(28(43-2)16-21(25)11-13-39-33)49-36(32)38(47-6)37(46-5)35(24)45-4/h7-10,16-19,26,41H,11-15H2,1-6H3/t26-/m0/s1. The Balaban J connectivity index is 1.53. The number of ketones is 1. The van der Waals surface area contributed by atoms with Gasteiger partial charge in [0.2, 0.25) is 17.3 Å². The molecule has 0 saturated carbocycles. The summed E-state index contributed by atoms with van der Waals surface area (Å²) in [5.41, 5.74) is 4.72. The van der Waals surface area contributed by atoms with E-state index >= 15 is 0 Å². The molecule has 6 bridgehead atoms. The van der Waals surface area contributed by atoms with Gasteiger partial charge in [-0.2, -0.15) is 0 Å². The molecule has 4 aromatic carbocycles. The third-order valence-electron chi connectivity index (χ3n) is 9.50. The van der Waals surface area contributed by atoms with Crippen molar-refractivity contribution in [3.8, 4) is 57.5 Å². The maximum absolute atomic E-state index is 14.0. The molecule has 4 aliphatic rings. The van der Waals surface area contributed by atoms with Crippen LogP contribution in [0.25, 0.3) is 0 Å². The number of Topliss-reactive ketones (excluding diaryl/α,β-unsaturated/α-hetero) is 1. The topological polar surface area (TPSA) is 118 Å². The van der Waals surface area contributed by atoms with Gasteiger partial charge < -0.3 is 38.3 Å². The third-order valence-corrected chi connectivity index (χ3v) is 9.50. The van der Waals surface area contributed by atoms with Crippen LogP contribution in [0.3, 0.4) is 0 Å². The third kappa shape index (κ3) is 5.44. The Labute approximate surface area is 284 Å². The molecule has 11 nitrogen and oxygen atoms in total. The average Bonchev–Trinajstić information content (AvgIpc) is 3.12. The van der Waals surface area contributed by atoms with E-state index in [0.717, 1.165) is 16.7 Å². The summed E-state index contributed by atoms with van der Waals surface area (Å²) in [6, 6.07) is 13.6. The number of benzene rings is 4. The Morgan fingerprint density at radius 1 is 0.796 bits per heavy atom. The van der Waals surface area contributed by atoms with Gasteiger partial charge in [0.15, 0.2) is 34.5 Å². The molecule has 0 fully saturated rings. The first-order chi connectivity index (χ1) is 23.8. The van der Waals surface area contributed by atoms with Crippen molar-refractivity contribution in [2.45, 2.75) is 25.3 Å². The van der Waals surface area contributed by atoms with E-state index < -0.39 is 0 Å². The van der Waals surface area contributed by atoms with Gasteiger partial charge in [-0.3, -0.25) is 14.7 Å². The minimum absolute atomic E-state index is 0.0538. The molecule has 0 amide bonds. The molecule has 1 N–H and O–H groups in total. The van der Waals surface area contributed by atoms with E-state index in [4.69, 9.17) is 33.2 Å². The number of phenolic OH excluding ortho intramolecular Hbond substituents is 1. The predicted molar refractivity (Wildman–Crippen MR) is 183 cm³/mol. The average molecular weight is 667 g/mol. The van der Waals surface area contributed by atoms with Crippen molar-refractivity contribution in [1.29, 1.82) is 0 Å². The van der Waals surface area contributed by atoms with Gasteiger partial charge in [-0.1, -0.05) is 0 Å². The van der Waals surface area contributed by atoms with Gasteiger partial charge in [-0.05, 0) is 79.9 Å². The second-order valence-electron chi connectivity index (χ2n) is 12.1. The second kappa shape index (κ2) is 12.9. The molecule has 49 heavy (non-hydrogen) atoms. The molecule has 4 aliphatic heterocycles. The van der Waals surface area contributed by atoms with E-state index in [1.54, 1.807) is 64.8 Å². The summed E-state index contributed by atoms with van der Waals surface area (Å²) < 4.78 is 42.5. The van der Waals surface area contributed by atoms with Gasteiger partial charge in [0.1, 0.15) is 17.2 Å². The summed E-state index contributed by atoms with van der Waals surface area (Å²) in [4.78, 5) is 20.9. The quantitative estimate of drug-likeness (QED) is 0.259. The number of hydrogen-bond acceptors (Lipinski definition) is 11. The van der Waals surface area contributed by atoms with Gasteiger partial charge >= 0.3 is 0 Å². The number of phenols is 1. The zero-order valence-corrected chi connectivity index (χ0v) is 28.3. The van der Waals surface area contributed by atoms with E-state index in [-0.39, 0.29) is 17.6 Å². The van der Waals surface area contributed by atoms with Crippen molar-refractivity contribution in [3.05, 3.63) is 81.9 Å². The van der Waals surface area contributed by atoms with Crippen LogP contribution in [-0.4, -0.2) is 77.2 Å². The first-order valence-electron chi connectivity index (χ1n) is 16.0. The van der Waals surface area contributed by atoms with Crippen molar-refractivity contribution in [1.82, 2.24) is 4.90 Å². The van der Waals surface area contributed by atoms with Crippen molar-refractivity contribution >= 4 is 11.5 Å². The van der Waals surface area contributed by atoms with Gasteiger partial charge in [-0.25, -0.2) is 0 Å². The molecule has 4 aromatic rings. The number of aliphatic imine (C=N–C) groups is 1. The highest BCUT2D eigenvalue weighted by Crippen LogP contribution is 2.56. The highest BCUT2D eigenvalue weighted by molar-refractivity contribution is 6.52. The summed E-state index contributed by atoms with van der Waals surface area (Å²) in [6.07, 6.45) is 1.64. The van der Waals surface area contributed by atoms with Gasteiger partial charge in [-0.15, -0.1) is 0 Å². The molecule has 0 radical (unpaired) electrons. The molecule has 11 heteroatoms. The largest absolute Gasteiger partial charge is 0.508 e. The van der Waals surface area contributed by atoms with Crippen LogP contribution in [0.4, 0.5) is 0 Å². The first kappa shape index (κ1) is 32.1. The fourth-order valence-corrected chi connectivity index (χ4v) is 7.02. The normalized spacial score (nSPS) is 16.7.